The topological polar surface area (TPSA) is 102 Å². The molecule has 10 heteroatoms. The van der Waals surface area contributed by atoms with Gasteiger partial charge >= 0.3 is 0 Å². The number of methoxy groups -OCH3 is 1. The number of anilines is 3. The number of benzene rings is 2. The van der Waals surface area contributed by atoms with E-state index in [1.165, 1.54) is 25.3 Å². The third-order valence-corrected chi connectivity index (χ3v) is 5.38. The number of halogens is 1. The van der Waals surface area contributed by atoms with Crippen LogP contribution in [-0.2, 0) is 4.79 Å². The van der Waals surface area contributed by atoms with Gasteiger partial charge in [0.25, 0.3) is 0 Å². The summed E-state index contributed by atoms with van der Waals surface area (Å²) < 4.78 is 25.3. The van der Waals surface area contributed by atoms with E-state index in [1.807, 2.05) is 19.0 Å². The van der Waals surface area contributed by atoms with Crippen LogP contribution < -0.4 is 20.1 Å². The molecular formula is C27H27FN6O3. The van der Waals surface area contributed by atoms with Gasteiger partial charge < -0.3 is 25.0 Å². The van der Waals surface area contributed by atoms with Gasteiger partial charge in [-0.1, -0.05) is 18.7 Å². The zero-order valence-corrected chi connectivity index (χ0v) is 20.8. The number of hydrogen-bond donors (Lipinski definition) is 2. The summed E-state index contributed by atoms with van der Waals surface area (Å²) in [4.78, 5) is 27.5. The predicted molar refractivity (Wildman–Crippen MR) is 142 cm³/mol. The molecule has 2 aromatic heterocycles. The van der Waals surface area contributed by atoms with Crippen LogP contribution in [-0.4, -0.2) is 60.1 Å². The number of carbonyl (C=O) groups is 1. The molecule has 2 N–H and O–H groups in total. The van der Waals surface area contributed by atoms with E-state index in [1.54, 1.807) is 42.7 Å². The first-order valence-corrected chi connectivity index (χ1v) is 11.5. The van der Waals surface area contributed by atoms with Crippen LogP contribution in [0.4, 0.5) is 21.7 Å². The SMILES string of the molecule is C=CC(=O)Nc1cc(Nc2ncc3ccnc(-c4cccc(F)c4)c3n2)c(OC)cc1OCCN(C)C. The minimum Gasteiger partial charge on any atom is -0.494 e. The molecule has 0 unspecified atom stereocenters. The number of hydrogen-bond acceptors (Lipinski definition) is 8. The fourth-order valence-corrected chi connectivity index (χ4v) is 3.55. The van der Waals surface area contributed by atoms with Crippen molar-refractivity contribution in [2.45, 2.75) is 0 Å². The Morgan fingerprint density at radius 1 is 1.14 bits per heavy atom. The molecule has 0 bridgehead atoms. The third kappa shape index (κ3) is 6.17. The van der Waals surface area contributed by atoms with E-state index in [-0.39, 0.29) is 17.7 Å². The van der Waals surface area contributed by atoms with Crippen molar-refractivity contribution in [2.75, 3.05) is 45.0 Å². The Morgan fingerprint density at radius 3 is 2.70 bits per heavy atom. The summed E-state index contributed by atoms with van der Waals surface area (Å²) >= 11 is 0. The molecule has 0 spiro atoms. The summed E-state index contributed by atoms with van der Waals surface area (Å²) in [5.74, 6) is 0.406. The molecular weight excluding hydrogens is 475 g/mol. The van der Waals surface area contributed by atoms with E-state index in [2.05, 4.69) is 32.2 Å². The van der Waals surface area contributed by atoms with Gasteiger partial charge in [-0.05, 0) is 44.4 Å². The van der Waals surface area contributed by atoms with Gasteiger partial charge in [0.2, 0.25) is 11.9 Å². The quantitative estimate of drug-likeness (QED) is 0.302. The predicted octanol–water partition coefficient (Wildman–Crippen LogP) is 4.65. The molecule has 1 amide bonds. The Balaban J connectivity index is 1.72. The highest BCUT2D eigenvalue weighted by molar-refractivity contribution is 6.00. The van der Waals surface area contributed by atoms with Gasteiger partial charge in [0.05, 0.1) is 24.2 Å². The maximum atomic E-state index is 13.9. The summed E-state index contributed by atoms with van der Waals surface area (Å²) in [6, 6.07) is 11.3. The van der Waals surface area contributed by atoms with Crippen LogP contribution in [0, 0.1) is 5.82 Å². The van der Waals surface area contributed by atoms with Crippen molar-refractivity contribution >= 4 is 34.1 Å². The van der Waals surface area contributed by atoms with Crippen molar-refractivity contribution in [3.63, 3.8) is 0 Å². The summed E-state index contributed by atoms with van der Waals surface area (Å²) in [6.07, 6.45) is 4.46. The number of amides is 1. The smallest absolute Gasteiger partial charge is 0.247 e. The molecule has 0 aliphatic rings. The van der Waals surface area contributed by atoms with Gasteiger partial charge in [0.1, 0.15) is 29.4 Å². The number of ether oxygens (including phenoxy) is 2. The number of nitrogens with one attached hydrogen (secondary N) is 2. The fourth-order valence-electron chi connectivity index (χ4n) is 3.55. The lowest BCUT2D eigenvalue weighted by atomic mass is 10.1. The number of pyridine rings is 1. The van der Waals surface area contributed by atoms with Crippen molar-refractivity contribution in [3.05, 3.63) is 73.3 Å². The largest absolute Gasteiger partial charge is 0.494 e. The van der Waals surface area contributed by atoms with Gasteiger partial charge in [-0.15, -0.1) is 0 Å². The van der Waals surface area contributed by atoms with Crippen LogP contribution in [0.15, 0.2) is 67.5 Å². The average molecular weight is 503 g/mol. The van der Waals surface area contributed by atoms with Crippen molar-refractivity contribution in [2.24, 2.45) is 0 Å². The zero-order valence-electron chi connectivity index (χ0n) is 20.8. The molecule has 2 heterocycles. The molecule has 0 aliphatic heterocycles. The summed E-state index contributed by atoms with van der Waals surface area (Å²) in [7, 11) is 5.41. The summed E-state index contributed by atoms with van der Waals surface area (Å²) in [6.45, 7) is 4.60. The molecule has 0 atom stereocenters. The Bertz CT molecular complexity index is 1440. The van der Waals surface area contributed by atoms with Crippen LogP contribution >= 0.6 is 0 Å². The highest BCUT2D eigenvalue weighted by atomic mass is 19.1. The fraction of sp³-hybridized carbons (Fsp3) is 0.185. The molecule has 9 nitrogen and oxygen atoms in total. The standard InChI is InChI=1S/C27H27FN6O3/c1-5-24(35)31-21-14-20(22(36-4)15-23(21)37-12-11-34(2)3)32-27-30-16-18-9-10-29-25(26(18)33-27)17-7-6-8-19(28)13-17/h5-10,13-16H,1,11-12H2,2-4H3,(H,31,35)(H,30,32,33). The number of aromatic nitrogens is 3. The van der Waals surface area contributed by atoms with Crippen molar-refractivity contribution in [1.29, 1.82) is 0 Å². The van der Waals surface area contributed by atoms with Crippen LogP contribution in [0.25, 0.3) is 22.2 Å². The summed E-state index contributed by atoms with van der Waals surface area (Å²) in [5, 5.41) is 6.66. The van der Waals surface area contributed by atoms with E-state index in [9.17, 15) is 9.18 Å². The second-order valence-electron chi connectivity index (χ2n) is 8.32. The van der Waals surface area contributed by atoms with E-state index >= 15 is 0 Å². The maximum Gasteiger partial charge on any atom is 0.247 e. The van der Waals surface area contributed by atoms with E-state index in [0.717, 1.165) is 5.39 Å². The minimum atomic E-state index is -0.388. The molecule has 4 rings (SSSR count). The zero-order chi connectivity index (χ0) is 26.4. The molecule has 0 saturated carbocycles. The van der Waals surface area contributed by atoms with Crippen LogP contribution in [0.2, 0.25) is 0 Å². The Morgan fingerprint density at radius 2 is 1.97 bits per heavy atom. The molecule has 2 aromatic carbocycles. The lowest BCUT2D eigenvalue weighted by Crippen LogP contribution is -2.20. The van der Waals surface area contributed by atoms with Gasteiger partial charge in [0.15, 0.2) is 0 Å². The first kappa shape index (κ1) is 25.5. The lowest BCUT2D eigenvalue weighted by Gasteiger charge is -2.18. The highest BCUT2D eigenvalue weighted by Gasteiger charge is 2.16. The minimum absolute atomic E-state index is 0.263. The number of carbonyl (C=O) groups excluding carboxylic acids is 1. The Kier molecular flexibility index (Phi) is 7.89. The van der Waals surface area contributed by atoms with E-state index in [0.29, 0.717) is 52.8 Å². The number of nitrogens with zero attached hydrogens (tertiary/aromatic N) is 4. The van der Waals surface area contributed by atoms with E-state index in [4.69, 9.17) is 9.47 Å². The average Bonchev–Trinajstić information content (AvgIpc) is 2.89. The number of rotatable bonds is 10. The highest BCUT2D eigenvalue weighted by Crippen LogP contribution is 2.38. The number of likely N-dealkylation sites (N-methyl/N-ethyl adjacent to an activating group) is 1. The van der Waals surface area contributed by atoms with Crippen molar-refractivity contribution in [3.8, 4) is 22.8 Å². The van der Waals surface area contributed by atoms with E-state index < -0.39 is 0 Å². The molecule has 37 heavy (non-hydrogen) atoms. The molecule has 0 saturated heterocycles. The van der Waals surface area contributed by atoms with Crippen LogP contribution in [0.5, 0.6) is 11.5 Å². The molecule has 4 aromatic rings. The van der Waals surface area contributed by atoms with Gasteiger partial charge in [-0.3, -0.25) is 9.78 Å². The van der Waals surface area contributed by atoms with Gasteiger partial charge in [-0.25, -0.2) is 14.4 Å². The van der Waals surface area contributed by atoms with Gasteiger partial charge in [0, 0.05) is 36.0 Å². The molecule has 0 fully saturated rings. The Hall–Kier alpha value is -4.57. The van der Waals surface area contributed by atoms with Crippen LogP contribution in [0.1, 0.15) is 0 Å². The Labute approximate surface area is 214 Å². The lowest BCUT2D eigenvalue weighted by molar-refractivity contribution is -0.111. The number of fused-ring (bicyclic) bond motifs is 1. The second kappa shape index (κ2) is 11.4. The maximum absolute atomic E-state index is 13.9. The molecule has 0 radical (unpaired) electrons. The molecule has 190 valence electrons. The van der Waals surface area contributed by atoms with Gasteiger partial charge in [-0.2, -0.15) is 0 Å². The van der Waals surface area contributed by atoms with Crippen LogP contribution in [0.3, 0.4) is 0 Å². The summed E-state index contributed by atoms with van der Waals surface area (Å²) in [5.41, 5.74) is 2.60. The molecule has 0 aliphatic carbocycles. The third-order valence-electron chi connectivity index (χ3n) is 5.38. The second-order valence-corrected chi connectivity index (χ2v) is 8.32. The van der Waals surface area contributed by atoms with Crippen molar-refractivity contribution < 1.29 is 18.7 Å². The normalized spacial score (nSPS) is 10.8. The van der Waals surface area contributed by atoms with Crippen molar-refractivity contribution in [1.82, 2.24) is 19.9 Å². The monoisotopic (exact) mass is 502 g/mol. The first-order valence-electron chi connectivity index (χ1n) is 11.5. The first-order chi connectivity index (χ1) is 17.9.